The van der Waals surface area contributed by atoms with E-state index < -0.39 is 0 Å². The summed E-state index contributed by atoms with van der Waals surface area (Å²) in [6.07, 6.45) is 3.74. The van der Waals surface area contributed by atoms with Crippen LogP contribution in [0, 0.1) is 0 Å². The number of amides is 2. The van der Waals surface area contributed by atoms with Gasteiger partial charge in [-0.25, -0.2) is 9.48 Å². The van der Waals surface area contributed by atoms with Crippen molar-refractivity contribution in [3.63, 3.8) is 0 Å². The predicted octanol–water partition coefficient (Wildman–Crippen LogP) is 1.86. The third-order valence-corrected chi connectivity index (χ3v) is 4.84. The number of fused-ring (bicyclic) bond motifs is 1. The summed E-state index contributed by atoms with van der Waals surface area (Å²) < 4.78 is 3.93. The van der Waals surface area contributed by atoms with Gasteiger partial charge >= 0.3 is 6.03 Å². The summed E-state index contributed by atoms with van der Waals surface area (Å²) in [6, 6.07) is 12.4. The molecule has 28 heavy (non-hydrogen) atoms. The van der Waals surface area contributed by atoms with E-state index in [2.05, 4.69) is 50.7 Å². The van der Waals surface area contributed by atoms with Crippen molar-refractivity contribution in [3.8, 4) is 5.69 Å². The first-order chi connectivity index (χ1) is 13.6. The van der Waals surface area contributed by atoms with Gasteiger partial charge in [0.05, 0.1) is 30.2 Å². The highest BCUT2D eigenvalue weighted by molar-refractivity contribution is 5.73. The highest BCUT2D eigenvalue weighted by atomic mass is 16.2. The summed E-state index contributed by atoms with van der Waals surface area (Å²) >= 11 is 0. The third kappa shape index (κ3) is 4.07. The molecule has 0 bridgehead atoms. The molecular formula is C20H25N7O. The molecule has 2 aromatic heterocycles. The molecule has 0 saturated carbocycles. The SMILES string of the molecule is CN(C)C(=O)NCc1cc2n(n1)CCN(Cc1cccc(-n3cccn3)c1)C2. The van der Waals surface area contributed by atoms with Crippen LogP contribution in [0.1, 0.15) is 17.0 Å². The molecular weight excluding hydrogens is 354 g/mol. The van der Waals surface area contributed by atoms with E-state index in [0.717, 1.165) is 37.6 Å². The number of carbonyl (C=O) groups excluding carboxylic acids is 1. The number of hydrogen-bond donors (Lipinski definition) is 1. The number of hydrogen-bond acceptors (Lipinski definition) is 4. The molecule has 0 fully saturated rings. The lowest BCUT2D eigenvalue weighted by molar-refractivity contribution is 0.205. The molecule has 3 heterocycles. The monoisotopic (exact) mass is 379 g/mol. The number of carbonyl (C=O) groups is 1. The average Bonchev–Trinajstić information content (AvgIpc) is 3.35. The van der Waals surface area contributed by atoms with Crippen molar-refractivity contribution in [2.24, 2.45) is 0 Å². The molecule has 4 rings (SSSR count). The van der Waals surface area contributed by atoms with Gasteiger partial charge in [0.15, 0.2) is 0 Å². The minimum absolute atomic E-state index is 0.107. The van der Waals surface area contributed by atoms with Gasteiger partial charge in [0.25, 0.3) is 0 Å². The summed E-state index contributed by atoms with van der Waals surface area (Å²) in [7, 11) is 3.46. The van der Waals surface area contributed by atoms with Gasteiger partial charge < -0.3 is 10.2 Å². The molecule has 0 aliphatic carbocycles. The fraction of sp³-hybridized carbons (Fsp3) is 0.350. The lowest BCUT2D eigenvalue weighted by Gasteiger charge is -2.27. The fourth-order valence-corrected chi connectivity index (χ4v) is 3.40. The molecule has 2 amide bonds. The van der Waals surface area contributed by atoms with Crippen LogP contribution < -0.4 is 5.32 Å². The van der Waals surface area contributed by atoms with Gasteiger partial charge in [-0.2, -0.15) is 10.2 Å². The van der Waals surface area contributed by atoms with Crippen molar-refractivity contribution in [1.82, 2.24) is 34.7 Å². The van der Waals surface area contributed by atoms with Crippen LogP contribution in [0.15, 0.2) is 48.8 Å². The van der Waals surface area contributed by atoms with Gasteiger partial charge in [-0.15, -0.1) is 0 Å². The van der Waals surface area contributed by atoms with E-state index in [-0.39, 0.29) is 6.03 Å². The van der Waals surface area contributed by atoms with Crippen LogP contribution in [0.3, 0.4) is 0 Å². The van der Waals surface area contributed by atoms with Crippen molar-refractivity contribution in [2.45, 2.75) is 26.2 Å². The van der Waals surface area contributed by atoms with Crippen molar-refractivity contribution in [2.75, 3.05) is 20.6 Å². The number of aromatic nitrogens is 4. The van der Waals surface area contributed by atoms with E-state index in [1.807, 2.05) is 21.6 Å². The lowest BCUT2D eigenvalue weighted by atomic mass is 10.1. The Morgan fingerprint density at radius 2 is 2.11 bits per heavy atom. The van der Waals surface area contributed by atoms with Crippen LogP contribution in [0.5, 0.6) is 0 Å². The summed E-state index contributed by atoms with van der Waals surface area (Å²) in [5.74, 6) is 0. The first-order valence-electron chi connectivity index (χ1n) is 9.40. The molecule has 0 unspecified atom stereocenters. The molecule has 8 heteroatoms. The summed E-state index contributed by atoms with van der Waals surface area (Å²) in [5, 5.41) is 11.8. The second kappa shape index (κ2) is 7.85. The normalized spacial score (nSPS) is 13.9. The number of rotatable bonds is 5. The van der Waals surface area contributed by atoms with Crippen LogP contribution in [-0.4, -0.2) is 56.0 Å². The van der Waals surface area contributed by atoms with E-state index in [9.17, 15) is 4.79 Å². The maximum Gasteiger partial charge on any atom is 0.317 e. The molecule has 0 spiro atoms. The van der Waals surface area contributed by atoms with Crippen molar-refractivity contribution in [1.29, 1.82) is 0 Å². The molecule has 0 radical (unpaired) electrons. The Kier molecular flexibility index (Phi) is 5.12. The molecule has 0 saturated heterocycles. The molecule has 1 N–H and O–H groups in total. The first-order valence-corrected chi connectivity index (χ1v) is 9.40. The highest BCUT2D eigenvalue weighted by Crippen LogP contribution is 2.18. The van der Waals surface area contributed by atoms with Gasteiger partial charge in [-0.3, -0.25) is 9.58 Å². The molecule has 146 valence electrons. The van der Waals surface area contributed by atoms with Gasteiger partial charge in [-0.05, 0) is 29.8 Å². The summed E-state index contributed by atoms with van der Waals surface area (Å²) in [6.45, 7) is 3.98. The fourth-order valence-electron chi connectivity index (χ4n) is 3.40. The second-order valence-electron chi connectivity index (χ2n) is 7.23. The van der Waals surface area contributed by atoms with E-state index in [1.165, 1.54) is 16.2 Å². The van der Waals surface area contributed by atoms with Gasteiger partial charge in [0.1, 0.15) is 0 Å². The predicted molar refractivity (Wildman–Crippen MR) is 106 cm³/mol. The zero-order valence-corrected chi connectivity index (χ0v) is 16.2. The highest BCUT2D eigenvalue weighted by Gasteiger charge is 2.19. The summed E-state index contributed by atoms with van der Waals surface area (Å²) in [4.78, 5) is 15.6. The number of nitrogens with zero attached hydrogens (tertiary/aromatic N) is 6. The Morgan fingerprint density at radius 3 is 2.89 bits per heavy atom. The van der Waals surface area contributed by atoms with Crippen molar-refractivity contribution < 1.29 is 4.79 Å². The number of nitrogens with one attached hydrogen (secondary N) is 1. The average molecular weight is 379 g/mol. The number of benzene rings is 1. The number of urea groups is 1. The van der Waals surface area contributed by atoms with Crippen LogP contribution in [0.4, 0.5) is 4.79 Å². The topological polar surface area (TPSA) is 71.2 Å². The Hall–Kier alpha value is -3.13. The van der Waals surface area contributed by atoms with Gasteiger partial charge in [0, 0.05) is 46.1 Å². The Bertz CT molecular complexity index is 945. The standard InChI is InChI=1S/C20H25N7O/c1-24(2)20(28)21-13-17-12-19-15-25(9-10-27(19)23-17)14-16-5-3-6-18(11-16)26-8-4-7-22-26/h3-8,11-12H,9-10,13-15H2,1-2H3,(H,21,28). The van der Waals surface area contributed by atoms with E-state index in [4.69, 9.17) is 0 Å². The van der Waals surface area contributed by atoms with E-state index >= 15 is 0 Å². The largest absolute Gasteiger partial charge is 0.332 e. The second-order valence-corrected chi connectivity index (χ2v) is 7.23. The minimum atomic E-state index is -0.107. The van der Waals surface area contributed by atoms with Crippen molar-refractivity contribution in [3.05, 3.63) is 65.7 Å². The lowest BCUT2D eigenvalue weighted by Crippen LogP contribution is -2.34. The van der Waals surface area contributed by atoms with E-state index in [0.29, 0.717) is 6.54 Å². The molecule has 1 aliphatic rings. The van der Waals surface area contributed by atoms with Gasteiger partial charge in [0.2, 0.25) is 0 Å². The third-order valence-electron chi connectivity index (χ3n) is 4.84. The molecule has 0 atom stereocenters. The molecule has 3 aromatic rings. The van der Waals surface area contributed by atoms with Crippen LogP contribution in [-0.2, 0) is 26.2 Å². The Morgan fingerprint density at radius 1 is 1.21 bits per heavy atom. The molecule has 1 aliphatic heterocycles. The quantitative estimate of drug-likeness (QED) is 0.735. The van der Waals surface area contributed by atoms with Crippen LogP contribution in [0.2, 0.25) is 0 Å². The maximum atomic E-state index is 11.7. The van der Waals surface area contributed by atoms with Crippen LogP contribution >= 0.6 is 0 Å². The van der Waals surface area contributed by atoms with E-state index in [1.54, 1.807) is 20.3 Å². The van der Waals surface area contributed by atoms with Crippen molar-refractivity contribution >= 4 is 6.03 Å². The zero-order chi connectivity index (χ0) is 19.5. The zero-order valence-electron chi connectivity index (χ0n) is 16.2. The first kappa shape index (κ1) is 18.2. The van der Waals surface area contributed by atoms with Crippen LogP contribution in [0.25, 0.3) is 5.69 Å². The van der Waals surface area contributed by atoms with Gasteiger partial charge in [-0.1, -0.05) is 12.1 Å². The smallest absolute Gasteiger partial charge is 0.317 e. The minimum Gasteiger partial charge on any atom is -0.332 e. The Balaban J connectivity index is 1.39. The molecule has 8 nitrogen and oxygen atoms in total. The summed E-state index contributed by atoms with van der Waals surface area (Å²) in [5.41, 5.74) is 4.42. The Labute approximate surface area is 164 Å². The molecule has 1 aromatic carbocycles. The maximum absolute atomic E-state index is 11.7.